The zero-order chi connectivity index (χ0) is 17.2. The van der Waals surface area contributed by atoms with Gasteiger partial charge in [-0.25, -0.2) is 8.42 Å². The molecule has 0 aliphatic heterocycles. The summed E-state index contributed by atoms with van der Waals surface area (Å²) in [6.07, 6.45) is 0. The largest absolute Gasteiger partial charge is 0.495 e. The van der Waals surface area contributed by atoms with Crippen molar-refractivity contribution in [2.24, 2.45) is 0 Å². The van der Waals surface area contributed by atoms with Crippen LogP contribution in [0.4, 0.5) is 11.4 Å². The van der Waals surface area contributed by atoms with Gasteiger partial charge in [0.1, 0.15) is 10.6 Å². The minimum Gasteiger partial charge on any atom is -0.495 e. The summed E-state index contributed by atoms with van der Waals surface area (Å²) in [6.45, 7) is 1.87. The van der Waals surface area contributed by atoms with Crippen LogP contribution in [0.25, 0.3) is 0 Å². The number of halogens is 1. The number of sulfonamides is 1. The van der Waals surface area contributed by atoms with E-state index in [2.05, 4.69) is 20.7 Å². The first-order valence-electron chi connectivity index (χ1n) is 6.36. The van der Waals surface area contributed by atoms with Crippen LogP contribution in [0.2, 0.25) is 0 Å². The lowest BCUT2D eigenvalue weighted by molar-refractivity contribution is -0.385. The Kier molecular flexibility index (Phi) is 4.90. The molecule has 0 saturated carbocycles. The fourth-order valence-electron chi connectivity index (χ4n) is 1.86. The van der Waals surface area contributed by atoms with Gasteiger partial charge in [-0.15, -0.1) is 0 Å². The number of rotatable bonds is 5. The van der Waals surface area contributed by atoms with Crippen molar-refractivity contribution in [3.63, 3.8) is 0 Å². The van der Waals surface area contributed by atoms with E-state index in [1.165, 1.54) is 19.2 Å². The highest BCUT2D eigenvalue weighted by atomic mass is 79.9. The van der Waals surface area contributed by atoms with Crippen molar-refractivity contribution in [2.45, 2.75) is 11.8 Å². The van der Waals surface area contributed by atoms with Crippen LogP contribution in [0, 0.1) is 17.0 Å². The molecule has 0 aliphatic carbocycles. The smallest absolute Gasteiger partial charge is 0.271 e. The van der Waals surface area contributed by atoms with E-state index in [0.717, 1.165) is 16.1 Å². The monoisotopic (exact) mass is 400 g/mol. The molecule has 122 valence electrons. The second-order valence-electron chi connectivity index (χ2n) is 4.66. The van der Waals surface area contributed by atoms with Crippen LogP contribution >= 0.6 is 15.9 Å². The molecule has 0 saturated heterocycles. The minimum absolute atomic E-state index is 0.0225. The van der Waals surface area contributed by atoms with Crippen LogP contribution in [0.5, 0.6) is 5.75 Å². The van der Waals surface area contributed by atoms with Gasteiger partial charge in [0.2, 0.25) is 0 Å². The van der Waals surface area contributed by atoms with E-state index in [-0.39, 0.29) is 16.3 Å². The zero-order valence-electron chi connectivity index (χ0n) is 12.2. The van der Waals surface area contributed by atoms with E-state index in [9.17, 15) is 18.5 Å². The molecule has 9 heteroatoms. The predicted molar refractivity (Wildman–Crippen MR) is 89.3 cm³/mol. The van der Waals surface area contributed by atoms with Gasteiger partial charge < -0.3 is 4.74 Å². The van der Waals surface area contributed by atoms with Gasteiger partial charge in [-0.1, -0.05) is 22.0 Å². The van der Waals surface area contributed by atoms with Gasteiger partial charge in [-0.2, -0.15) is 0 Å². The number of benzene rings is 2. The number of nitrogens with one attached hydrogen (secondary N) is 1. The highest BCUT2D eigenvalue weighted by Gasteiger charge is 2.23. The molecule has 2 rings (SSSR count). The molecule has 0 heterocycles. The molecular formula is C14H13BrN2O5S. The van der Waals surface area contributed by atoms with E-state index in [0.29, 0.717) is 5.69 Å². The van der Waals surface area contributed by atoms with Crippen molar-refractivity contribution >= 4 is 37.3 Å². The summed E-state index contributed by atoms with van der Waals surface area (Å²) in [5, 5.41) is 10.9. The molecule has 0 aromatic heterocycles. The fraction of sp³-hybridized carbons (Fsp3) is 0.143. The summed E-state index contributed by atoms with van der Waals surface area (Å²) in [7, 11) is -2.75. The molecule has 0 spiro atoms. The minimum atomic E-state index is -4.04. The number of hydrogen-bond donors (Lipinski definition) is 1. The van der Waals surface area contributed by atoms with E-state index in [1.54, 1.807) is 18.2 Å². The third-order valence-corrected chi connectivity index (χ3v) is 5.33. The van der Waals surface area contributed by atoms with Crippen molar-refractivity contribution in [3.05, 3.63) is 56.5 Å². The SMILES string of the molecule is COc1ccc([N+](=O)[O-])cc1S(=O)(=O)Nc1ccc(C)c(Br)c1. The Labute approximate surface area is 141 Å². The number of hydrogen-bond acceptors (Lipinski definition) is 5. The summed E-state index contributed by atoms with van der Waals surface area (Å²) >= 11 is 3.32. The van der Waals surface area contributed by atoms with Crippen molar-refractivity contribution in [2.75, 3.05) is 11.8 Å². The fourth-order valence-corrected chi connectivity index (χ4v) is 3.47. The topological polar surface area (TPSA) is 98.5 Å². The van der Waals surface area contributed by atoms with Gasteiger partial charge in [-0.05, 0) is 30.7 Å². The molecule has 0 amide bonds. The quantitative estimate of drug-likeness (QED) is 0.611. The van der Waals surface area contributed by atoms with E-state index in [1.807, 2.05) is 6.92 Å². The lowest BCUT2D eigenvalue weighted by Gasteiger charge is -2.12. The van der Waals surface area contributed by atoms with Crippen LogP contribution in [0.15, 0.2) is 45.8 Å². The first kappa shape index (κ1) is 17.2. The molecule has 2 aromatic carbocycles. The second kappa shape index (κ2) is 6.55. The van der Waals surface area contributed by atoms with Gasteiger partial charge in [0.25, 0.3) is 15.7 Å². The van der Waals surface area contributed by atoms with Gasteiger partial charge in [-0.3, -0.25) is 14.8 Å². The molecule has 0 radical (unpaired) electrons. The number of non-ortho nitro benzene ring substituents is 1. The molecule has 2 aromatic rings. The summed E-state index contributed by atoms with van der Waals surface area (Å²) in [6, 6.07) is 8.34. The number of ether oxygens (including phenoxy) is 1. The molecule has 0 fully saturated rings. The van der Waals surface area contributed by atoms with Crippen LogP contribution in [0.1, 0.15) is 5.56 Å². The van der Waals surface area contributed by atoms with E-state index >= 15 is 0 Å². The maximum absolute atomic E-state index is 12.5. The molecule has 1 N–H and O–H groups in total. The lowest BCUT2D eigenvalue weighted by Crippen LogP contribution is -2.14. The number of aryl methyl sites for hydroxylation is 1. The molecule has 0 aliphatic rings. The Morgan fingerprint density at radius 1 is 1.22 bits per heavy atom. The van der Waals surface area contributed by atoms with E-state index < -0.39 is 14.9 Å². The first-order chi connectivity index (χ1) is 10.7. The Balaban J connectivity index is 2.47. The summed E-state index contributed by atoms with van der Waals surface area (Å²) in [5.74, 6) is 0.0225. The number of anilines is 1. The number of nitrogens with zero attached hydrogens (tertiary/aromatic N) is 1. The molecule has 7 nitrogen and oxygen atoms in total. The van der Waals surface area contributed by atoms with E-state index in [4.69, 9.17) is 4.74 Å². The van der Waals surface area contributed by atoms with Crippen molar-refractivity contribution in [1.82, 2.24) is 0 Å². The van der Waals surface area contributed by atoms with Gasteiger partial charge in [0.05, 0.1) is 12.0 Å². The Bertz CT molecular complexity index is 867. The highest BCUT2D eigenvalue weighted by Crippen LogP contribution is 2.30. The number of methoxy groups -OCH3 is 1. The van der Waals surface area contributed by atoms with Crippen LogP contribution in [-0.4, -0.2) is 20.5 Å². The second-order valence-corrected chi connectivity index (χ2v) is 7.17. The number of nitro benzene ring substituents is 1. The maximum Gasteiger partial charge on any atom is 0.271 e. The lowest BCUT2D eigenvalue weighted by atomic mass is 10.2. The Hall–Kier alpha value is -2.13. The van der Waals surface area contributed by atoms with Gasteiger partial charge in [0.15, 0.2) is 0 Å². The average molecular weight is 401 g/mol. The molecule has 0 unspecified atom stereocenters. The van der Waals surface area contributed by atoms with Gasteiger partial charge in [0, 0.05) is 22.3 Å². The summed E-state index contributed by atoms with van der Waals surface area (Å²) in [4.78, 5) is 9.90. The molecule has 0 atom stereocenters. The normalized spacial score (nSPS) is 11.1. The first-order valence-corrected chi connectivity index (χ1v) is 8.63. The molecule has 23 heavy (non-hydrogen) atoms. The van der Waals surface area contributed by atoms with Crippen LogP contribution in [0.3, 0.4) is 0 Å². The predicted octanol–water partition coefficient (Wildman–Crippen LogP) is 3.48. The van der Waals surface area contributed by atoms with Gasteiger partial charge >= 0.3 is 0 Å². The Morgan fingerprint density at radius 2 is 1.91 bits per heavy atom. The summed E-state index contributed by atoms with van der Waals surface area (Å²) in [5.41, 5.74) is 0.938. The standard InChI is InChI=1S/C14H13BrN2O5S/c1-9-3-4-10(7-12(9)15)16-23(20,21)14-8-11(17(18)19)5-6-13(14)22-2/h3-8,16H,1-2H3. The zero-order valence-corrected chi connectivity index (χ0v) is 14.6. The van der Waals surface area contributed by atoms with Crippen molar-refractivity contribution in [1.29, 1.82) is 0 Å². The van der Waals surface area contributed by atoms with Crippen molar-refractivity contribution < 1.29 is 18.1 Å². The molecule has 0 bridgehead atoms. The number of nitro groups is 1. The third-order valence-electron chi connectivity index (χ3n) is 3.07. The highest BCUT2D eigenvalue weighted by molar-refractivity contribution is 9.10. The summed E-state index contributed by atoms with van der Waals surface area (Å²) < 4.78 is 33.2. The Morgan fingerprint density at radius 3 is 2.48 bits per heavy atom. The third kappa shape index (κ3) is 3.80. The van der Waals surface area contributed by atoms with Crippen LogP contribution < -0.4 is 9.46 Å². The molecular weight excluding hydrogens is 388 g/mol. The van der Waals surface area contributed by atoms with Crippen LogP contribution in [-0.2, 0) is 10.0 Å². The van der Waals surface area contributed by atoms with Crippen molar-refractivity contribution in [3.8, 4) is 5.75 Å². The average Bonchev–Trinajstić information content (AvgIpc) is 2.50. The maximum atomic E-state index is 12.5.